The van der Waals surface area contributed by atoms with Crippen LogP contribution in [0.15, 0.2) is 32.7 Å². The molecule has 0 atom stereocenters. The molecule has 0 amide bonds. The molecule has 1 aliphatic heterocycles. The van der Waals surface area contributed by atoms with Crippen LogP contribution >= 0.6 is 0 Å². The quantitative estimate of drug-likeness (QED) is 0.639. The molecule has 1 aromatic carbocycles. The van der Waals surface area contributed by atoms with Crippen LogP contribution in [0.2, 0.25) is 0 Å². The minimum absolute atomic E-state index is 0.00974. The Labute approximate surface area is 145 Å². The van der Waals surface area contributed by atoms with E-state index in [2.05, 4.69) is 19.6 Å². The Hall–Kier alpha value is -1.97. The van der Waals surface area contributed by atoms with E-state index in [0.29, 0.717) is 12.1 Å². The highest BCUT2D eigenvalue weighted by Gasteiger charge is 2.16. The Morgan fingerprint density at radius 1 is 1.08 bits per heavy atom. The second kappa shape index (κ2) is 7.51. The zero-order valence-electron chi connectivity index (χ0n) is 13.9. The molecule has 0 aliphatic carbocycles. The van der Waals surface area contributed by atoms with Gasteiger partial charge in [0, 0.05) is 6.54 Å². The zero-order valence-corrected chi connectivity index (χ0v) is 14.7. The van der Waals surface area contributed by atoms with Gasteiger partial charge in [-0.1, -0.05) is 6.42 Å². The van der Waals surface area contributed by atoms with Gasteiger partial charge in [-0.15, -0.1) is 0 Å². The van der Waals surface area contributed by atoms with E-state index in [1.165, 1.54) is 37.5 Å². The van der Waals surface area contributed by atoms with Crippen LogP contribution in [-0.4, -0.2) is 49.5 Å². The first kappa shape index (κ1) is 17.8. The SMILES string of the molecule is O=c1[nH]c(=O)c2cc(S(=O)(=O)NCCCN3CCCCC3)ccc2[nH]1. The van der Waals surface area contributed by atoms with E-state index in [4.69, 9.17) is 0 Å². The number of benzene rings is 1. The summed E-state index contributed by atoms with van der Waals surface area (Å²) in [7, 11) is -3.69. The number of rotatable bonds is 6. The fourth-order valence-electron chi connectivity index (χ4n) is 3.09. The molecule has 0 radical (unpaired) electrons. The highest BCUT2D eigenvalue weighted by atomic mass is 32.2. The van der Waals surface area contributed by atoms with E-state index in [-0.39, 0.29) is 10.3 Å². The minimum atomic E-state index is -3.69. The number of hydrogen-bond donors (Lipinski definition) is 3. The van der Waals surface area contributed by atoms with Crippen LogP contribution in [0.25, 0.3) is 10.9 Å². The Morgan fingerprint density at radius 3 is 2.60 bits per heavy atom. The van der Waals surface area contributed by atoms with E-state index in [0.717, 1.165) is 26.1 Å². The van der Waals surface area contributed by atoms with Crippen molar-refractivity contribution in [2.75, 3.05) is 26.2 Å². The van der Waals surface area contributed by atoms with E-state index < -0.39 is 21.3 Å². The number of nitrogens with zero attached hydrogens (tertiary/aromatic N) is 1. The maximum Gasteiger partial charge on any atom is 0.326 e. The summed E-state index contributed by atoms with van der Waals surface area (Å²) in [5, 5.41) is 0.135. The van der Waals surface area contributed by atoms with Gasteiger partial charge >= 0.3 is 5.69 Å². The lowest BCUT2D eigenvalue weighted by Crippen LogP contribution is -2.33. The van der Waals surface area contributed by atoms with Crippen molar-refractivity contribution in [3.63, 3.8) is 0 Å². The Kier molecular flexibility index (Phi) is 5.36. The number of hydrogen-bond acceptors (Lipinski definition) is 5. The van der Waals surface area contributed by atoms with Crippen LogP contribution in [0, 0.1) is 0 Å². The smallest absolute Gasteiger partial charge is 0.307 e. The van der Waals surface area contributed by atoms with Crippen LogP contribution in [0.4, 0.5) is 0 Å². The van der Waals surface area contributed by atoms with Crippen molar-refractivity contribution < 1.29 is 8.42 Å². The average Bonchev–Trinajstić information content (AvgIpc) is 2.59. The predicted octanol–water partition coefficient (Wildman–Crippen LogP) is 0.371. The van der Waals surface area contributed by atoms with Gasteiger partial charge in [0.15, 0.2) is 0 Å². The normalized spacial score (nSPS) is 16.3. The molecular weight excluding hydrogens is 344 g/mol. The first-order valence-electron chi connectivity index (χ1n) is 8.44. The molecule has 9 heteroatoms. The first-order valence-corrected chi connectivity index (χ1v) is 9.92. The molecule has 0 saturated carbocycles. The maximum absolute atomic E-state index is 12.4. The van der Waals surface area contributed by atoms with Crippen LogP contribution in [0.5, 0.6) is 0 Å². The molecule has 1 aromatic heterocycles. The van der Waals surface area contributed by atoms with Crippen molar-refractivity contribution in [2.45, 2.75) is 30.6 Å². The zero-order chi connectivity index (χ0) is 17.9. The summed E-state index contributed by atoms with van der Waals surface area (Å²) >= 11 is 0. The summed E-state index contributed by atoms with van der Waals surface area (Å²) in [5.74, 6) is 0. The van der Waals surface area contributed by atoms with Gasteiger partial charge in [0.1, 0.15) is 0 Å². The molecule has 136 valence electrons. The van der Waals surface area contributed by atoms with E-state index in [9.17, 15) is 18.0 Å². The second-order valence-corrected chi connectivity index (χ2v) is 8.04. The number of aromatic amines is 2. The third kappa shape index (κ3) is 4.36. The molecule has 3 rings (SSSR count). The summed E-state index contributed by atoms with van der Waals surface area (Å²) < 4.78 is 27.4. The number of sulfonamides is 1. The topological polar surface area (TPSA) is 115 Å². The molecule has 1 fully saturated rings. The number of nitrogens with one attached hydrogen (secondary N) is 3. The summed E-state index contributed by atoms with van der Waals surface area (Å²) in [5.41, 5.74) is -0.928. The molecule has 1 saturated heterocycles. The molecule has 0 bridgehead atoms. The van der Waals surface area contributed by atoms with E-state index in [1.807, 2.05) is 0 Å². The number of fused-ring (bicyclic) bond motifs is 1. The third-order valence-electron chi connectivity index (χ3n) is 4.41. The van der Waals surface area contributed by atoms with E-state index >= 15 is 0 Å². The van der Waals surface area contributed by atoms with Crippen LogP contribution < -0.4 is 16.0 Å². The van der Waals surface area contributed by atoms with Crippen molar-refractivity contribution in [1.82, 2.24) is 19.6 Å². The Bertz CT molecular complexity index is 958. The average molecular weight is 366 g/mol. The van der Waals surface area contributed by atoms with Gasteiger partial charge in [-0.2, -0.15) is 0 Å². The van der Waals surface area contributed by atoms with Crippen LogP contribution in [0.1, 0.15) is 25.7 Å². The number of H-pyrrole nitrogens is 2. The van der Waals surface area contributed by atoms with Gasteiger partial charge in [-0.05, 0) is 57.1 Å². The van der Waals surface area contributed by atoms with Crippen molar-refractivity contribution in [3.8, 4) is 0 Å². The molecule has 0 unspecified atom stereocenters. The fourth-order valence-corrected chi connectivity index (χ4v) is 4.19. The van der Waals surface area contributed by atoms with Crippen molar-refractivity contribution in [3.05, 3.63) is 39.0 Å². The first-order chi connectivity index (χ1) is 12.0. The molecule has 8 nitrogen and oxygen atoms in total. The van der Waals surface area contributed by atoms with E-state index in [1.54, 1.807) is 0 Å². The van der Waals surface area contributed by atoms with Crippen LogP contribution in [-0.2, 0) is 10.0 Å². The summed E-state index contributed by atoms with van der Waals surface area (Å²) in [6.07, 6.45) is 4.43. The number of aromatic nitrogens is 2. The Balaban J connectivity index is 1.66. The molecular formula is C16H22N4O4S. The van der Waals surface area contributed by atoms with Gasteiger partial charge in [0.2, 0.25) is 10.0 Å². The lowest BCUT2D eigenvalue weighted by atomic mass is 10.1. The van der Waals surface area contributed by atoms with Gasteiger partial charge in [0.05, 0.1) is 15.8 Å². The largest absolute Gasteiger partial charge is 0.326 e. The standard InChI is InChI=1S/C16H22N4O4S/c21-15-13-11-12(5-6-14(13)18-16(22)19-15)25(23,24)17-7-4-10-20-8-2-1-3-9-20/h5-6,11,17H,1-4,7-10H2,(H2,18,19,21,22). The van der Waals surface area contributed by atoms with Crippen LogP contribution in [0.3, 0.4) is 0 Å². The summed E-state index contributed by atoms with van der Waals surface area (Å²) in [6.45, 7) is 3.39. The van der Waals surface area contributed by atoms with Gasteiger partial charge in [-0.3, -0.25) is 9.78 Å². The highest BCUT2D eigenvalue weighted by Crippen LogP contribution is 2.14. The maximum atomic E-state index is 12.4. The number of likely N-dealkylation sites (tertiary alicyclic amines) is 1. The summed E-state index contributed by atoms with van der Waals surface area (Å²) in [4.78, 5) is 30.0. The van der Waals surface area contributed by atoms with Gasteiger partial charge in [0.25, 0.3) is 5.56 Å². The Morgan fingerprint density at radius 2 is 1.84 bits per heavy atom. The van der Waals surface area contributed by atoms with Crippen molar-refractivity contribution >= 4 is 20.9 Å². The second-order valence-electron chi connectivity index (χ2n) is 6.27. The molecule has 25 heavy (non-hydrogen) atoms. The fraction of sp³-hybridized carbons (Fsp3) is 0.500. The highest BCUT2D eigenvalue weighted by molar-refractivity contribution is 7.89. The van der Waals surface area contributed by atoms with Crippen molar-refractivity contribution in [1.29, 1.82) is 0 Å². The lowest BCUT2D eigenvalue weighted by molar-refractivity contribution is 0.227. The predicted molar refractivity (Wildman–Crippen MR) is 95.3 cm³/mol. The number of piperidine rings is 1. The van der Waals surface area contributed by atoms with Gasteiger partial charge < -0.3 is 9.88 Å². The monoisotopic (exact) mass is 366 g/mol. The summed E-state index contributed by atoms with van der Waals surface area (Å²) in [6, 6.07) is 4.08. The molecule has 0 spiro atoms. The molecule has 1 aliphatic rings. The molecule has 2 aromatic rings. The molecule has 3 N–H and O–H groups in total. The minimum Gasteiger partial charge on any atom is -0.307 e. The lowest BCUT2D eigenvalue weighted by Gasteiger charge is -2.26. The van der Waals surface area contributed by atoms with Crippen molar-refractivity contribution in [2.24, 2.45) is 0 Å². The molecule has 2 heterocycles. The third-order valence-corrected chi connectivity index (χ3v) is 5.87. The van der Waals surface area contributed by atoms with Gasteiger partial charge in [-0.25, -0.2) is 17.9 Å².